The van der Waals surface area contributed by atoms with Gasteiger partial charge in [0.25, 0.3) is 0 Å². The number of aliphatic hydroxyl groups excluding tert-OH is 2. The van der Waals surface area contributed by atoms with Crippen LogP contribution in [0.25, 0.3) is 5.65 Å². The number of pyridine rings is 1. The third kappa shape index (κ3) is 3.84. The van der Waals surface area contributed by atoms with Crippen molar-refractivity contribution in [1.82, 2.24) is 14.3 Å². The van der Waals surface area contributed by atoms with Crippen LogP contribution in [-0.4, -0.2) is 50.8 Å². The first kappa shape index (κ1) is 15.5. The molecule has 0 saturated carbocycles. The summed E-state index contributed by atoms with van der Waals surface area (Å²) in [5.74, 6) is 0. The summed E-state index contributed by atoms with van der Waals surface area (Å²) >= 11 is 12.1. The fraction of sp³-hybridized carbons (Fsp3) is 0.462. The molecule has 0 aliphatic heterocycles. The summed E-state index contributed by atoms with van der Waals surface area (Å²) in [6, 6.07) is 1.66. The molecule has 0 bridgehead atoms. The molecule has 0 atom stereocenters. The molecule has 2 heterocycles. The van der Waals surface area contributed by atoms with Gasteiger partial charge in [-0.15, -0.1) is 0 Å². The molecule has 0 amide bonds. The number of halogens is 2. The van der Waals surface area contributed by atoms with E-state index in [9.17, 15) is 0 Å². The predicted molar refractivity (Wildman–Crippen MR) is 79.3 cm³/mol. The van der Waals surface area contributed by atoms with Crippen LogP contribution >= 0.6 is 23.2 Å². The van der Waals surface area contributed by atoms with E-state index in [0.717, 1.165) is 5.69 Å². The van der Waals surface area contributed by atoms with Crippen LogP contribution in [0, 0.1) is 0 Å². The van der Waals surface area contributed by atoms with Crippen LogP contribution in [0.4, 0.5) is 0 Å². The van der Waals surface area contributed by atoms with E-state index in [4.69, 9.17) is 33.4 Å². The van der Waals surface area contributed by atoms with E-state index in [1.807, 2.05) is 11.1 Å². The van der Waals surface area contributed by atoms with Gasteiger partial charge in [0.15, 0.2) is 5.65 Å². The number of rotatable bonds is 7. The van der Waals surface area contributed by atoms with Gasteiger partial charge in [0.05, 0.1) is 22.3 Å². The minimum atomic E-state index is 0.0748. The van der Waals surface area contributed by atoms with Crippen LogP contribution in [-0.2, 0) is 6.54 Å². The third-order valence-electron chi connectivity index (χ3n) is 2.96. The van der Waals surface area contributed by atoms with Gasteiger partial charge in [0, 0.05) is 38.6 Å². The summed E-state index contributed by atoms with van der Waals surface area (Å²) in [6.45, 7) is 2.05. The molecule has 0 unspecified atom stereocenters. The van der Waals surface area contributed by atoms with Crippen molar-refractivity contribution in [2.24, 2.45) is 0 Å². The highest BCUT2D eigenvalue weighted by atomic mass is 35.5. The molecule has 2 aromatic rings. The molecule has 0 aliphatic rings. The van der Waals surface area contributed by atoms with Gasteiger partial charge in [0.1, 0.15) is 0 Å². The summed E-state index contributed by atoms with van der Waals surface area (Å²) in [6.07, 6.45) is 4.29. The van der Waals surface area contributed by atoms with E-state index in [-0.39, 0.29) is 13.2 Å². The van der Waals surface area contributed by atoms with Crippen molar-refractivity contribution in [1.29, 1.82) is 0 Å². The first-order valence-corrected chi connectivity index (χ1v) is 7.16. The standard InChI is InChI=1S/C13H17Cl2N3O2/c14-10-6-12(15)13-16-11(9-18(13)7-10)8-17(3-5-20)2-1-4-19/h6-7,9,19-20H,1-5,8H2. The van der Waals surface area contributed by atoms with Gasteiger partial charge < -0.3 is 14.6 Å². The molecule has 0 aliphatic carbocycles. The lowest BCUT2D eigenvalue weighted by Gasteiger charge is -2.19. The van der Waals surface area contributed by atoms with Gasteiger partial charge in [-0.25, -0.2) is 4.98 Å². The predicted octanol–water partition coefficient (Wildman–Crippen LogP) is 1.82. The van der Waals surface area contributed by atoms with Gasteiger partial charge in [-0.2, -0.15) is 0 Å². The highest BCUT2D eigenvalue weighted by Crippen LogP contribution is 2.22. The molecule has 2 aromatic heterocycles. The number of nitrogens with zero attached hydrogens (tertiary/aromatic N) is 3. The molecule has 7 heteroatoms. The normalized spacial score (nSPS) is 11.7. The fourth-order valence-corrected chi connectivity index (χ4v) is 2.61. The SMILES string of the molecule is OCCCN(CCO)Cc1cn2cc(Cl)cc(Cl)c2n1. The van der Waals surface area contributed by atoms with Crippen molar-refractivity contribution < 1.29 is 10.2 Å². The summed E-state index contributed by atoms with van der Waals surface area (Å²) in [4.78, 5) is 6.51. The zero-order chi connectivity index (χ0) is 14.5. The first-order chi connectivity index (χ1) is 9.63. The average molecular weight is 318 g/mol. The lowest BCUT2D eigenvalue weighted by Crippen LogP contribution is -2.28. The Balaban J connectivity index is 2.17. The molecule has 0 fully saturated rings. The highest BCUT2D eigenvalue weighted by Gasteiger charge is 2.10. The number of aromatic nitrogens is 2. The number of imidazole rings is 1. The quantitative estimate of drug-likeness (QED) is 0.817. The van der Waals surface area contributed by atoms with E-state index in [2.05, 4.69) is 4.98 Å². The molecule has 0 spiro atoms. The molecular weight excluding hydrogens is 301 g/mol. The smallest absolute Gasteiger partial charge is 0.156 e. The second kappa shape index (κ2) is 7.24. The number of fused-ring (bicyclic) bond motifs is 1. The van der Waals surface area contributed by atoms with Crippen molar-refractivity contribution in [3.8, 4) is 0 Å². The van der Waals surface area contributed by atoms with E-state index >= 15 is 0 Å². The second-order valence-electron chi connectivity index (χ2n) is 4.55. The minimum Gasteiger partial charge on any atom is -0.396 e. The topological polar surface area (TPSA) is 61.0 Å². The molecule has 0 saturated heterocycles. The molecule has 5 nitrogen and oxygen atoms in total. The van der Waals surface area contributed by atoms with Crippen LogP contribution < -0.4 is 0 Å². The van der Waals surface area contributed by atoms with Crippen molar-refractivity contribution in [2.45, 2.75) is 13.0 Å². The molecule has 110 valence electrons. The van der Waals surface area contributed by atoms with Gasteiger partial charge >= 0.3 is 0 Å². The van der Waals surface area contributed by atoms with Crippen LogP contribution in [0.15, 0.2) is 18.5 Å². The van der Waals surface area contributed by atoms with Crippen LogP contribution in [0.3, 0.4) is 0 Å². The lowest BCUT2D eigenvalue weighted by atomic mass is 10.3. The summed E-state index contributed by atoms with van der Waals surface area (Å²) in [5.41, 5.74) is 1.51. The molecule has 20 heavy (non-hydrogen) atoms. The summed E-state index contributed by atoms with van der Waals surface area (Å²) < 4.78 is 1.79. The molecular formula is C13H17Cl2N3O2. The zero-order valence-electron chi connectivity index (χ0n) is 11.0. The van der Waals surface area contributed by atoms with Gasteiger partial charge in [-0.3, -0.25) is 4.90 Å². The zero-order valence-corrected chi connectivity index (χ0v) is 12.5. The van der Waals surface area contributed by atoms with E-state index in [1.165, 1.54) is 0 Å². The molecule has 0 aromatic carbocycles. The van der Waals surface area contributed by atoms with Gasteiger partial charge in [0.2, 0.25) is 0 Å². The second-order valence-corrected chi connectivity index (χ2v) is 5.39. The van der Waals surface area contributed by atoms with E-state index in [1.54, 1.807) is 16.7 Å². The minimum absolute atomic E-state index is 0.0748. The van der Waals surface area contributed by atoms with Crippen LogP contribution in [0.5, 0.6) is 0 Å². The fourth-order valence-electron chi connectivity index (χ4n) is 2.09. The Kier molecular flexibility index (Phi) is 5.63. The summed E-state index contributed by atoms with van der Waals surface area (Å²) in [7, 11) is 0. The molecule has 2 rings (SSSR count). The van der Waals surface area contributed by atoms with Gasteiger partial charge in [-0.05, 0) is 12.5 Å². The van der Waals surface area contributed by atoms with Crippen LogP contribution in [0.2, 0.25) is 10.0 Å². The molecule has 0 radical (unpaired) electrons. The number of hydrogen-bond donors (Lipinski definition) is 2. The molecule has 2 N–H and O–H groups in total. The van der Waals surface area contributed by atoms with Crippen molar-refractivity contribution >= 4 is 28.8 Å². The van der Waals surface area contributed by atoms with Crippen molar-refractivity contribution in [2.75, 3.05) is 26.3 Å². The van der Waals surface area contributed by atoms with Gasteiger partial charge in [-0.1, -0.05) is 23.2 Å². The third-order valence-corrected chi connectivity index (χ3v) is 3.44. The monoisotopic (exact) mass is 317 g/mol. The van der Waals surface area contributed by atoms with Crippen molar-refractivity contribution in [3.63, 3.8) is 0 Å². The number of hydrogen-bond acceptors (Lipinski definition) is 4. The Morgan fingerprint density at radius 2 is 1.95 bits per heavy atom. The highest BCUT2D eigenvalue weighted by molar-refractivity contribution is 6.36. The largest absolute Gasteiger partial charge is 0.396 e. The Morgan fingerprint density at radius 3 is 2.65 bits per heavy atom. The van der Waals surface area contributed by atoms with E-state index < -0.39 is 0 Å². The Bertz CT molecular complexity index is 574. The summed E-state index contributed by atoms with van der Waals surface area (Å²) in [5, 5.41) is 19.0. The average Bonchev–Trinajstić information content (AvgIpc) is 2.79. The first-order valence-electron chi connectivity index (χ1n) is 6.40. The Hall–Kier alpha value is -0.850. The lowest BCUT2D eigenvalue weighted by molar-refractivity contribution is 0.173. The maximum absolute atomic E-state index is 9.07. The number of aliphatic hydroxyl groups is 2. The Labute approximate surface area is 127 Å². The maximum Gasteiger partial charge on any atom is 0.156 e. The Morgan fingerprint density at radius 1 is 1.15 bits per heavy atom. The van der Waals surface area contributed by atoms with Crippen LogP contribution in [0.1, 0.15) is 12.1 Å². The van der Waals surface area contributed by atoms with E-state index in [0.29, 0.717) is 41.7 Å². The van der Waals surface area contributed by atoms with Crippen molar-refractivity contribution in [3.05, 3.63) is 34.2 Å². The maximum atomic E-state index is 9.07.